The molecule has 7 nitrogen and oxygen atoms in total. The monoisotopic (exact) mass is 388 g/mol. The summed E-state index contributed by atoms with van der Waals surface area (Å²) in [6.07, 6.45) is 3.56. The smallest absolute Gasteiger partial charge is 0.252 e. The minimum absolute atomic E-state index is 0.312. The van der Waals surface area contributed by atoms with Gasteiger partial charge in [0.05, 0.1) is 10.5 Å². The minimum Gasteiger partial charge on any atom is -0.365 e. The van der Waals surface area contributed by atoms with Gasteiger partial charge in [-0.2, -0.15) is 4.31 Å². The quantitative estimate of drug-likeness (QED) is 0.811. The van der Waals surface area contributed by atoms with Crippen molar-refractivity contribution in [3.63, 3.8) is 0 Å². The summed E-state index contributed by atoms with van der Waals surface area (Å²) >= 11 is 0. The van der Waals surface area contributed by atoms with E-state index in [2.05, 4.69) is 11.9 Å². The second-order valence-corrected chi connectivity index (χ2v) is 8.46. The van der Waals surface area contributed by atoms with Crippen LogP contribution in [0.25, 0.3) is 0 Å². The Morgan fingerprint density at radius 3 is 2.37 bits per heavy atom. The van der Waals surface area contributed by atoms with Gasteiger partial charge in [0, 0.05) is 32.4 Å². The highest BCUT2D eigenvalue weighted by Crippen LogP contribution is 2.22. The van der Waals surface area contributed by atoms with E-state index in [9.17, 15) is 13.2 Å². The van der Waals surface area contributed by atoms with Crippen molar-refractivity contribution in [1.82, 2.24) is 9.29 Å². The molecule has 2 aromatic rings. The third-order valence-corrected chi connectivity index (χ3v) is 6.60. The number of nitrogens with zero attached hydrogens (tertiary/aromatic N) is 3. The average molecular weight is 388 g/mol. The van der Waals surface area contributed by atoms with Crippen molar-refractivity contribution >= 4 is 21.7 Å². The molecule has 1 saturated heterocycles. The van der Waals surface area contributed by atoms with Crippen molar-refractivity contribution in [2.75, 3.05) is 31.1 Å². The number of carbonyl (C=O) groups is 1. The molecule has 1 aromatic heterocycles. The first-order valence-corrected chi connectivity index (χ1v) is 10.5. The van der Waals surface area contributed by atoms with Crippen LogP contribution in [0.3, 0.4) is 0 Å². The summed E-state index contributed by atoms with van der Waals surface area (Å²) in [4.78, 5) is 18.1. The van der Waals surface area contributed by atoms with Gasteiger partial charge in [-0.1, -0.05) is 25.5 Å². The zero-order valence-corrected chi connectivity index (χ0v) is 16.2. The van der Waals surface area contributed by atoms with Gasteiger partial charge in [-0.15, -0.1) is 0 Å². The van der Waals surface area contributed by atoms with Crippen molar-refractivity contribution in [1.29, 1.82) is 0 Å². The Hall–Kier alpha value is -2.45. The molecule has 1 aliphatic heterocycles. The van der Waals surface area contributed by atoms with E-state index >= 15 is 0 Å². The number of carbonyl (C=O) groups excluding carboxylic acids is 1. The van der Waals surface area contributed by atoms with Crippen LogP contribution in [0.4, 0.5) is 5.82 Å². The van der Waals surface area contributed by atoms with Crippen molar-refractivity contribution in [3.05, 3.63) is 53.7 Å². The highest BCUT2D eigenvalue weighted by Gasteiger charge is 2.29. The van der Waals surface area contributed by atoms with Crippen LogP contribution in [0.2, 0.25) is 0 Å². The number of rotatable bonds is 6. The number of hydrogen-bond acceptors (Lipinski definition) is 5. The van der Waals surface area contributed by atoms with Crippen LogP contribution >= 0.6 is 0 Å². The molecule has 3 rings (SSSR count). The summed E-state index contributed by atoms with van der Waals surface area (Å²) in [6, 6.07) is 10.4. The molecule has 0 radical (unpaired) electrons. The summed E-state index contributed by atoms with van der Waals surface area (Å²) < 4.78 is 27.3. The Morgan fingerprint density at radius 1 is 1.11 bits per heavy atom. The molecule has 144 valence electrons. The molecular weight excluding hydrogens is 364 g/mol. The Morgan fingerprint density at radius 2 is 1.78 bits per heavy atom. The van der Waals surface area contributed by atoms with E-state index < -0.39 is 15.9 Å². The number of hydrogen-bond donors (Lipinski definition) is 1. The number of benzene rings is 1. The third kappa shape index (κ3) is 4.12. The molecule has 1 aromatic carbocycles. The van der Waals surface area contributed by atoms with E-state index in [4.69, 9.17) is 5.73 Å². The number of anilines is 1. The Labute approximate surface area is 159 Å². The number of pyridine rings is 1. The third-order valence-electron chi connectivity index (χ3n) is 4.69. The van der Waals surface area contributed by atoms with Crippen molar-refractivity contribution in [2.24, 2.45) is 5.73 Å². The molecule has 1 aliphatic rings. The SMILES string of the molecule is CCCc1ccc(S(=O)(=O)N2CCN(c3ncccc3C(N)=O)CC2)cc1. The van der Waals surface area contributed by atoms with Crippen LogP contribution < -0.4 is 10.6 Å². The van der Waals surface area contributed by atoms with E-state index in [1.54, 1.807) is 30.5 Å². The van der Waals surface area contributed by atoms with Gasteiger partial charge in [-0.3, -0.25) is 4.79 Å². The standard InChI is InChI=1S/C19H24N4O3S/c1-2-4-15-6-8-16(9-7-15)27(25,26)23-13-11-22(12-14-23)19-17(18(20)24)5-3-10-21-19/h3,5-10H,2,4,11-14H2,1H3,(H2,20,24). The van der Waals surface area contributed by atoms with Crippen LogP contribution in [0, 0.1) is 0 Å². The zero-order chi connectivity index (χ0) is 19.4. The fourth-order valence-corrected chi connectivity index (χ4v) is 4.67. The van der Waals surface area contributed by atoms with Crippen LogP contribution in [0.5, 0.6) is 0 Å². The number of primary amides is 1. The van der Waals surface area contributed by atoms with Crippen molar-refractivity contribution < 1.29 is 13.2 Å². The summed E-state index contributed by atoms with van der Waals surface area (Å²) in [5, 5.41) is 0. The molecule has 0 unspecified atom stereocenters. The molecule has 2 N–H and O–H groups in total. The van der Waals surface area contributed by atoms with E-state index in [-0.39, 0.29) is 0 Å². The lowest BCUT2D eigenvalue weighted by molar-refractivity contribution is 0.1000. The maximum absolute atomic E-state index is 12.9. The highest BCUT2D eigenvalue weighted by atomic mass is 32.2. The molecule has 2 heterocycles. The van der Waals surface area contributed by atoms with Gasteiger partial charge in [0.2, 0.25) is 10.0 Å². The molecule has 0 saturated carbocycles. The van der Waals surface area contributed by atoms with Gasteiger partial charge in [-0.05, 0) is 36.2 Å². The lowest BCUT2D eigenvalue weighted by Gasteiger charge is -2.35. The molecule has 0 spiro atoms. The van der Waals surface area contributed by atoms with Crippen molar-refractivity contribution in [3.8, 4) is 0 Å². The van der Waals surface area contributed by atoms with Gasteiger partial charge in [0.25, 0.3) is 5.91 Å². The summed E-state index contributed by atoms with van der Waals surface area (Å²) in [5.74, 6) is -0.0358. The molecule has 27 heavy (non-hydrogen) atoms. The van der Waals surface area contributed by atoms with Gasteiger partial charge >= 0.3 is 0 Å². The van der Waals surface area contributed by atoms with E-state index in [1.807, 2.05) is 17.0 Å². The van der Waals surface area contributed by atoms with Crippen LogP contribution in [0.1, 0.15) is 29.3 Å². The first-order chi connectivity index (χ1) is 12.9. The van der Waals surface area contributed by atoms with Gasteiger partial charge < -0.3 is 10.6 Å². The number of piperazine rings is 1. The van der Waals surface area contributed by atoms with Crippen LogP contribution in [-0.2, 0) is 16.4 Å². The summed E-state index contributed by atoms with van der Waals surface area (Å²) in [5.41, 5.74) is 6.90. The number of aryl methyl sites for hydroxylation is 1. The lowest BCUT2D eigenvalue weighted by Crippen LogP contribution is -2.49. The zero-order valence-electron chi connectivity index (χ0n) is 15.3. The number of sulfonamides is 1. The summed E-state index contributed by atoms with van der Waals surface area (Å²) in [6.45, 7) is 3.64. The second kappa shape index (κ2) is 8.06. The predicted molar refractivity (Wildman–Crippen MR) is 104 cm³/mol. The molecule has 0 atom stereocenters. The Kier molecular flexibility index (Phi) is 5.76. The maximum Gasteiger partial charge on any atom is 0.252 e. The fraction of sp³-hybridized carbons (Fsp3) is 0.368. The molecule has 1 amide bonds. The summed E-state index contributed by atoms with van der Waals surface area (Å²) in [7, 11) is -3.53. The second-order valence-electron chi connectivity index (χ2n) is 6.52. The van der Waals surface area contributed by atoms with E-state index in [0.717, 1.165) is 18.4 Å². The first kappa shape index (κ1) is 19.3. The maximum atomic E-state index is 12.9. The van der Waals surface area contributed by atoms with Gasteiger partial charge in [-0.25, -0.2) is 13.4 Å². The van der Waals surface area contributed by atoms with E-state index in [1.165, 1.54) is 4.31 Å². The topological polar surface area (TPSA) is 96.6 Å². The molecule has 0 aliphatic carbocycles. The fourth-order valence-electron chi connectivity index (χ4n) is 3.25. The number of nitrogens with two attached hydrogens (primary N) is 1. The molecule has 1 fully saturated rings. The van der Waals surface area contributed by atoms with Crippen LogP contribution in [0.15, 0.2) is 47.5 Å². The Balaban J connectivity index is 1.72. The van der Waals surface area contributed by atoms with Gasteiger partial charge in [0.1, 0.15) is 5.82 Å². The van der Waals surface area contributed by atoms with Crippen LogP contribution in [-0.4, -0.2) is 49.8 Å². The van der Waals surface area contributed by atoms with E-state index in [0.29, 0.717) is 42.5 Å². The highest BCUT2D eigenvalue weighted by molar-refractivity contribution is 7.89. The molecular formula is C19H24N4O3S. The number of aromatic nitrogens is 1. The lowest BCUT2D eigenvalue weighted by atomic mass is 10.1. The molecule has 8 heteroatoms. The Bertz CT molecular complexity index is 905. The number of amides is 1. The van der Waals surface area contributed by atoms with Gasteiger partial charge in [0.15, 0.2) is 0 Å². The molecule has 0 bridgehead atoms. The average Bonchev–Trinajstić information content (AvgIpc) is 2.69. The minimum atomic E-state index is -3.53. The normalized spacial score (nSPS) is 15.7. The van der Waals surface area contributed by atoms with Crippen molar-refractivity contribution in [2.45, 2.75) is 24.7 Å². The largest absolute Gasteiger partial charge is 0.365 e. The first-order valence-electron chi connectivity index (χ1n) is 9.02. The predicted octanol–water partition coefficient (Wildman–Crippen LogP) is 1.64.